The Kier molecular flexibility index (Phi) is 7.21. The average Bonchev–Trinajstić information content (AvgIpc) is 2.76. The Morgan fingerprint density at radius 2 is 1.59 bits per heavy atom. The van der Waals surface area contributed by atoms with Gasteiger partial charge in [0, 0.05) is 11.4 Å². The highest BCUT2D eigenvalue weighted by Gasteiger charge is 2.30. The van der Waals surface area contributed by atoms with Crippen LogP contribution < -0.4 is 14.8 Å². The summed E-state index contributed by atoms with van der Waals surface area (Å²) in [5.41, 5.74) is 1.10. The number of carbonyl (C=O) groups is 1. The van der Waals surface area contributed by atoms with Gasteiger partial charge in [-0.1, -0.05) is 18.2 Å². The summed E-state index contributed by atoms with van der Waals surface area (Å²) in [6, 6.07) is 14.7. The fourth-order valence-electron chi connectivity index (χ4n) is 3.03. The topological polar surface area (TPSA) is 84.5 Å². The van der Waals surface area contributed by atoms with Gasteiger partial charge in [-0.3, -0.25) is 9.52 Å². The Balaban J connectivity index is 1.67. The molecule has 3 aromatic carbocycles. The van der Waals surface area contributed by atoms with E-state index in [1.807, 2.05) is 26.0 Å². The molecule has 3 rings (SSSR count). The van der Waals surface area contributed by atoms with Gasteiger partial charge in [-0.05, 0) is 80.4 Å². The highest BCUT2D eigenvalue weighted by Crippen LogP contribution is 2.31. The maximum absolute atomic E-state index is 12.9. The molecular weight excluding hydrogens is 469 g/mol. The number of ether oxygens (including phenoxy) is 1. The molecule has 0 aromatic heterocycles. The molecular formula is C24H23F3N2O4S. The van der Waals surface area contributed by atoms with Crippen LogP contribution in [-0.2, 0) is 21.0 Å². The number of rotatable bonds is 7. The summed E-state index contributed by atoms with van der Waals surface area (Å²) in [5, 5.41) is 2.64. The number of carbonyl (C=O) groups excluding carboxylic acids is 1. The zero-order chi connectivity index (χ0) is 25.1. The van der Waals surface area contributed by atoms with Crippen LogP contribution in [-0.4, -0.2) is 20.4 Å². The van der Waals surface area contributed by atoms with Gasteiger partial charge < -0.3 is 10.1 Å². The van der Waals surface area contributed by atoms with Gasteiger partial charge >= 0.3 is 6.18 Å². The van der Waals surface area contributed by atoms with E-state index < -0.39 is 33.8 Å². The van der Waals surface area contributed by atoms with Crippen LogP contribution in [0, 0.1) is 13.8 Å². The Bertz CT molecular complexity index is 1290. The molecule has 0 aliphatic heterocycles. The van der Waals surface area contributed by atoms with Crippen molar-refractivity contribution < 1.29 is 31.1 Å². The summed E-state index contributed by atoms with van der Waals surface area (Å²) < 4.78 is 71.6. The molecule has 1 atom stereocenters. The van der Waals surface area contributed by atoms with E-state index in [1.54, 1.807) is 13.0 Å². The predicted octanol–water partition coefficient (Wildman–Crippen LogP) is 5.53. The van der Waals surface area contributed by atoms with E-state index in [2.05, 4.69) is 10.0 Å². The summed E-state index contributed by atoms with van der Waals surface area (Å²) >= 11 is 0. The molecule has 0 saturated carbocycles. The molecule has 3 aromatic rings. The van der Waals surface area contributed by atoms with Crippen LogP contribution in [0.25, 0.3) is 0 Å². The van der Waals surface area contributed by atoms with Crippen molar-refractivity contribution in [2.75, 3.05) is 10.0 Å². The molecule has 10 heteroatoms. The highest BCUT2D eigenvalue weighted by atomic mass is 32.2. The van der Waals surface area contributed by atoms with Gasteiger partial charge in [-0.2, -0.15) is 13.2 Å². The van der Waals surface area contributed by atoms with Crippen molar-refractivity contribution in [2.24, 2.45) is 0 Å². The second kappa shape index (κ2) is 9.76. The van der Waals surface area contributed by atoms with Crippen LogP contribution in [0.15, 0.2) is 71.6 Å². The molecule has 0 saturated heterocycles. The smallest absolute Gasteiger partial charge is 0.416 e. The number of sulfonamides is 1. The number of nitrogens with one attached hydrogen (secondary N) is 2. The fourth-order valence-corrected chi connectivity index (χ4v) is 4.08. The Morgan fingerprint density at radius 1 is 0.941 bits per heavy atom. The first-order chi connectivity index (χ1) is 15.9. The second-order valence-corrected chi connectivity index (χ2v) is 9.34. The van der Waals surface area contributed by atoms with Gasteiger partial charge in [-0.25, -0.2) is 8.42 Å². The normalized spacial score (nSPS) is 12.6. The maximum atomic E-state index is 12.9. The standard InChI is InChI=1S/C24H23F3N2O4S/c1-15-6-4-9-22(16(15)2)33-17(3)23(30)28-19-10-12-21(13-11-19)34(31,32)29-20-8-5-7-18(14-20)24(25,26)27/h4-14,17,29H,1-3H3,(H,28,30)/t17-/m1/s1. The van der Waals surface area contributed by atoms with Crippen LogP contribution in [0.1, 0.15) is 23.6 Å². The molecule has 0 fully saturated rings. The zero-order valence-corrected chi connectivity index (χ0v) is 19.4. The van der Waals surface area contributed by atoms with Crippen LogP contribution >= 0.6 is 0 Å². The maximum Gasteiger partial charge on any atom is 0.416 e. The lowest BCUT2D eigenvalue weighted by Crippen LogP contribution is -2.30. The summed E-state index contributed by atoms with van der Waals surface area (Å²) in [6.07, 6.45) is -5.41. The predicted molar refractivity (Wildman–Crippen MR) is 123 cm³/mol. The van der Waals surface area contributed by atoms with Crippen LogP contribution in [0.5, 0.6) is 5.75 Å². The SMILES string of the molecule is Cc1cccc(O[C@H](C)C(=O)Nc2ccc(S(=O)(=O)Nc3cccc(C(F)(F)F)c3)cc2)c1C. The minimum atomic E-state index is -4.60. The number of anilines is 2. The third kappa shape index (κ3) is 6.07. The van der Waals surface area contributed by atoms with E-state index in [-0.39, 0.29) is 10.6 Å². The number of amides is 1. The largest absolute Gasteiger partial charge is 0.481 e. The minimum absolute atomic E-state index is 0.178. The van der Waals surface area contributed by atoms with Crippen molar-refractivity contribution in [3.63, 3.8) is 0 Å². The first-order valence-electron chi connectivity index (χ1n) is 10.2. The van der Waals surface area contributed by atoms with E-state index in [1.165, 1.54) is 30.3 Å². The van der Waals surface area contributed by atoms with Crippen molar-refractivity contribution in [3.8, 4) is 5.75 Å². The van der Waals surface area contributed by atoms with E-state index in [4.69, 9.17) is 4.74 Å². The number of hydrogen-bond acceptors (Lipinski definition) is 4. The fraction of sp³-hybridized carbons (Fsp3) is 0.208. The molecule has 180 valence electrons. The number of halogens is 3. The van der Waals surface area contributed by atoms with Gasteiger partial charge in [0.15, 0.2) is 6.10 Å². The summed E-state index contributed by atoms with van der Waals surface area (Å²) in [7, 11) is -4.14. The number of benzene rings is 3. The van der Waals surface area contributed by atoms with Gasteiger partial charge in [0.25, 0.3) is 15.9 Å². The molecule has 0 spiro atoms. The van der Waals surface area contributed by atoms with Gasteiger partial charge in [0.1, 0.15) is 5.75 Å². The lowest BCUT2D eigenvalue weighted by Gasteiger charge is -2.17. The summed E-state index contributed by atoms with van der Waals surface area (Å²) in [4.78, 5) is 12.3. The molecule has 0 unspecified atom stereocenters. The molecule has 0 aliphatic rings. The highest BCUT2D eigenvalue weighted by molar-refractivity contribution is 7.92. The third-order valence-electron chi connectivity index (χ3n) is 5.10. The Hall–Kier alpha value is -3.53. The molecule has 2 N–H and O–H groups in total. The Morgan fingerprint density at radius 3 is 2.24 bits per heavy atom. The summed E-state index contributed by atoms with van der Waals surface area (Å²) in [5.74, 6) is 0.156. The minimum Gasteiger partial charge on any atom is -0.481 e. The van der Waals surface area contributed by atoms with Crippen molar-refractivity contribution in [3.05, 3.63) is 83.4 Å². The zero-order valence-electron chi connectivity index (χ0n) is 18.6. The van der Waals surface area contributed by atoms with Gasteiger partial charge in [0.2, 0.25) is 0 Å². The van der Waals surface area contributed by atoms with Crippen molar-refractivity contribution >= 4 is 27.3 Å². The van der Waals surface area contributed by atoms with Crippen molar-refractivity contribution in [1.82, 2.24) is 0 Å². The molecule has 6 nitrogen and oxygen atoms in total. The molecule has 0 heterocycles. The van der Waals surface area contributed by atoms with Crippen LogP contribution in [0.3, 0.4) is 0 Å². The molecule has 0 radical (unpaired) electrons. The van der Waals surface area contributed by atoms with E-state index in [0.717, 1.165) is 23.3 Å². The average molecular weight is 493 g/mol. The number of aryl methyl sites for hydroxylation is 1. The van der Waals surface area contributed by atoms with Crippen molar-refractivity contribution in [1.29, 1.82) is 0 Å². The van der Waals surface area contributed by atoms with E-state index in [9.17, 15) is 26.4 Å². The number of hydrogen-bond donors (Lipinski definition) is 2. The van der Waals surface area contributed by atoms with Crippen LogP contribution in [0.4, 0.5) is 24.5 Å². The monoisotopic (exact) mass is 492 g/mol. The quantitative estimate of drug-likeness (QED) is 0.454. The molecule has 0 aliphatic carbocycles. The lowest BCUT2D eigenvalue weighted by atomic mass is 10.1. The van der Waals surface area contributed by atoms with E-state index >= 15 is 0 Å². The van der Waals surface area contributed by atoms with Gasteiger partial charge in [-0.15, -0.1) is 0 Å². The molecule has 34 heavy (non-hydrogen) atoms. The Labute approximate surface area is 195 Å². The lowest BCUT2D eigenvalue weighted by molar-refractivity contribution is -0.137. The summed E-state index contributed by atoms with van der Waals surface area (Å²) in [6.45, 7) is 5.42. The first-order valence-corrected chi connectivity index (χ1v) is 11.7. The van der Waals surface area contributed by atoms with E-state index in [0.29, 0.717) is 17.5 Å². The second-order valence-electron chi connectivity index (χ2n) is 7.66. The van der Waals surface area contributed by atoms with Crippen molar-refractivity contribution in [2.45, 2.75) is 37.9 Å². The third-order valence-corrected chi connectivity index (χ3v) is 6.50. The van der Waals surface area contributed by atoms with Gasteiger partial charge in [0.05, 0.1) is 10.5 Å². The number of alkyl halides is 3. The molecule has 1 amide bonds. The van der Waals surface area contributed by atoms with Crippen LogP contribution in [0.2, 0.25) is 0 Å². The first kappa shape index (κ1) is 25.1. The molecule has 0 bridgehead atoms.